The number of anilines is 1. The second-order valence-electron chi connectivity index (χ2n) is 4.36. The molecule has 0 aliphatic heterocycles. The number of nitrogens with zero attached hydrogens (tertiary/aromatic N) is 1. The summed E-state index contributed by atoms with van der Waals surface area (Å²) in [6, 6.07) is 7.68. The molecule has 2 aromatic rings. The zero-order valence-electron chi connectivity index (χ0n) is 11.8. The van der Waals surface area contributed by atoms with Crippen molar-refractivity contribution in [3.63, 3.8) is 0 Å². The van der Waals surface area contributed by atoms with Crippen molar-refractivity contribution in [3.05, 3.63) is 45.8 Å². The standard InChI is InChI=1S/C15H19N3OS/c1-3-12-5-6-13(20-12)10-18-15(19)11-7-8-17-14(9-11)16-4-2/h5-9H,3-4,10H2,1-2H3,(H,16,17)(H,18,19). The van der Waals surface area contributed by atoms with Crippen molar-refractivity contribution in [2.24, 2.45) is 0 Å². The van der Waals surface area contributed by atoms with E-state index >= 15 is 0 Å². The van der Waals surface area contributed by atoms with E-state index in [9.17, 15) is 4.79 Å². The third-order valence-electron chi connectivity index (χ3n) is 2.87. The molecule has 20 heavy (non-hydrogen) atoms. The molecule has 4 nitrogen and oxygen atoms in total. The van der Waals surface area contributed by atoms with Crippen LogP contribution in [0.4, 0.5) is 5.82 Å². The maximum Gasteiger partial charge on any atom is 0.251 e. The van der Waals surface area contributed by atoms with Gasteiger partial charge in [-0.1, -0.05) is 6.92 Å². The van der Waals surface area contributed by atoms with Crippen molar-refractivity contribution in [3.8, 4) is 0 Å². The fraction of sp³-hybridized carbons (Fsp3) is 0.333. The highest BCUT2D eigenvalue weighted by molar-refractivity contribution is 7.11. The van der Waals surface area contributed by atoms with E-state index in [0.717, 1.165) is 18.8 Å². The Morgan fingerprint density at radius 1 is 1.25 bits per heavy atom. The molecular formula is C15H19N3OS. The van der Waals surface area contributed by atoms with Crippen LogP contribution in [-0.4, -0.2) is 17.4 Å². The average Bonchev–Trinajstić information content (AvgIpc) is 2.93. The summed E-state index contributed by atoms with van der Waals surface area (Å²) in [6.45, 7) is 5.49. The number of thiophene rings is 1. The van der Waals surface area contributed by atoms with Gasteiger partial charge >= 0.3 is 0 Å². The van der Waals surface area contributed by atoms with Crippen LogP contribution >= 0.6 is 11.3 Å². The normalized spacial score (nSPS) is 10.3. The van der Waals surface area contributed by atoms with Gasteiger partial charge in [0.15, 0.2) is 0 Å². The van der Waals surface area contributed by atoms with Crippen molar-refractivity contribution in [1.82, 2.24) is 10.3 Å². The summed E-state index contributed by atoms with van der Waals surface area (Å²) in [4.78, 5) is 18.8. The van der Waals surface area contributed by atoms with E-state index in [1.165, 1.54) is 9.75 Å². The van der Waals surface area contributed by atoms with Crippen LogP contribution in [0.3, 0.4) is 0 Å². The highest BCUT2D eigenvalue weighted by Gasteiger charge is 2.07. The monoisotopic (exact) mass is 289 g/mol. The molecule has 0 unspecified atom stereocenters. The Morgan fingerprint density at radius 2 is 2.05 bits per heavy atom. The van der Waals surface area contributed by atoms with E-state index in [1.54, 1.807) is 29.7 Å². The van der Waals surface area contributed by atoms with Crippen LogP contribution in [0.15, 0.2) is 30.5 Å². The van der Waals surface area contributed by atoms with E-state index in [1.807, 2.05) is 6.92 Å². The molecule has 106 valence electrons. The minimum absolute atomic E-state index is 0.0713. The highest BCUT2D eigenvalue weighted by Crippen LogP contribution is 2.16. The molecule has 2 aromatic heterocycles. The number of pyridine rings is 1. The molecule has 5 heteroatoms. The minimum Gasteiger partial charge on any atom is -0.370 e. The van der Waals surface area contributed by atoms with Gasteiger partial charge < -0.3 is 10.6 Å². The number of hydrogen-bond donors (Lipinski definition) is 2. The van der Waals surface area contributed by atoms with Gasteiger partial charge in [-0.2, -0.15) is 0 Å². The summed E-state index contributed by atoms with van der Waals surface area (Å²) in [5, 5.41) is 6.04. The SMILES string of the molecule is CCNc1cc(C(=O)NCc2ccc(CC)s2)ccn1. The van der Waals surface area contributed by atoms with Crippen LogP contribution in [0.5, 0.6) is 0 Å². The van der Waals surface area contributed by atoms with Crippen molar-refractivity contribution < 1.29 is 4.79 Å². The lowest BCUT2D eigenvalue weighted by molar-refractivity contribution is 0.0951. The topological polar surface area (TPSA) is 54.0 Å². The second-order valence-corrected chi connectivity index (χ2v) is 5.62. The molecule has 0 aliphatic carbocycles. The summed E-state index contributed by atoms with van der Waals surface area (Å²) in [5.41, 5.74) is 0.628. The Balaban J connectivity index is 1.95. The smallest absolute Gasteiger partial charge is 0.251 e. The lowest BCUT2D eigenvalue weighted by Gasteiger charge is -2.06. The number of carbonyl (C=O) groups is 1. The van der Waals surface area contributed by atoms with Gasteiger partial charge in [-0.15, -0.1) is 11.3 Å². The van der Waals surface area contributed by atoms with Crippen LogP contribution in [0.1, 0.15) is 34.0 Å². The quantitative estimate of drug-likeness (QED) is 0.859. The number of aromatic nitrogens is 1. The molecule has 0 fully saturated rings. The Labute approximate surface area is 123 Å². The van der Waals surface area contributed by atoms with Crippen LogP contribution < -0.4 is 10.6 Å². The van der Waals surface area contributed by atoms with Gasteiger partial charge in [-0.25, -0.2) is 4.98 Å². The maximum absolute atomic E-state index is 12.1. The molecule has 2 heterocycles. The molecule has 0 spiro atoms. The number of carbonyl (C=O) groups excluding carboxylic acids is 1. The number of rotatable bonds is 6. The Hall–Kier alpha value is -1.88. The highest BCUT2D eigenvalue weighted by atomic mass is 32.1. The lowest BCUT2D eigenvalue weighted by Crippen LogP contribution is -2.22. The first-order valence-corrected chi connectivity index (χ1v) is 7.60. The number of hydrogen-bond acceptors (Lipinski definition) is 4. The van der Waals surface area contributed by atoms with E-state index in [4.69, 9.17) is 0 Å². The molecular weight excluding hydrogens is 270 g/mol. The van der Waals surface area contributed by atoms with Crippen LogP contribution in [0.2, 0.25) is 0 Å². The third kappa shape index (κ3) is 3.81. The van der Waals surface area contributed by atoms with Gasteiger partial charge in [-0.3, -0.25) is 4.79 Å². The van der Waals surface area contributed by atoms with Crippen molar-refractivity contribution in [1.29, 1.82) is 0 Å². The summed E-state index contributed by atoms with van der Waals surface area (Å²) >= 11 is 1.74. The molecule has 0 saturated carbocycles. The molecule has 2 N–H and O–H groups in total. The Morgan fingerprint density at radius 3 is 2.75 bits per heavy atom. The zero-order valence-corrected chi connectivity index (χ0v) is 12.6. The van der Waals surface area contributed by atoms with E-state index < -0.39 is 0 Å². The molecule has 1 amide bonds. The number of aryl methyl sites for hydroxylation is 1. The summed E-state index contributed by atoms with van der Waals surface area (Å²) < 4.78 is 0. The lowest BCUT2D eigenvalue weighted by atomic mass is 10.2. The van der Waals surface area contributed by atoms with E-state index in [-0.39, 0.29) is 5.91 Å². The molecule has 0 aliphatic rings. The van der Waals surface area contributed by atoms with Crippen LogP contribution in [0, 0.1) is 0 Å². The first-order chi connectivity index (χ1) is 9.72. The predicted octanol–water partition coefficient (Wildman–Crippen LogP) is 3.07. The van der Waals surface area contributed by atoms with E-state index in [0.29, 0.717) is 12.1 Å². The molecule has 2 rings (SSSR count). The van der Waals surface area contributed by atoms with Gasteiger partial charge in [0.1, 0.15) is 5.82 Å². The Kier molecular flexibility index (Phi) is 5.12. The molecule has 0 radical (unpaired) electrons. The van der Waals surface area contributed by atoms with Gasteiger partial charge in [-0.05, 0) is 37.6 Å². The largest absolute Gasteiger partial charge is 0.370 e. The zero-order chi connectivity index (χ0) is 14.4. The molecule has 0 atom stereocenters. The number of amides is 1. The van der Waals surface area contributed by atoms with Gasteiger partial charge in [0.05, 0.1) is 6.54 Å². The van der Waals surface area contributed by atoms with Gasteiger partial charge in [0.2, 0.25) is 0 Å². The fourth-order valence-corrected chi connectivity index (χ4v) is 2.72. The van der Waals surface area contributed by atoms with Crippen LogP contribution in [-0.2, 0) is 13.0 Å². The van der Waals surface area contributed by atoms with Gasteiger partial charge in [0, 0.05) is 28.1 Å². The summed E-state index contributed by atoms with van der Waals surface area (Å²) in [7, 11) is 0. The number of nitrogens with one attached hydrogen (secondary N) is 2. The second kappa shape index (κ2) is 7.05. The minimum atomic E-state index is -0.0713. The first-order valence-electron chi connectivity index (χ1n) is 6.78. The summed E-state index contributed by atoms with van der Waals surface area (Å²) in [5.74, 6) is 0.655. The van der Waals surface area contributed by atoms with Crippen molar-refractivity contribution in [2.45, 2.75) is 26.8 Å². The van der Waals surface area contributed by atoms with E-state index in [2.05, 4.69) is 34.7 Å². The predicted molar refractivity (Wildman–Crippen MR) is 83.3 cm³/mol. The summed E-state index contributed by atoms with van der Waals surface area (Å²) in [6.07, 6.45) is 2.68. The molecule has 0 bridgehead atoms. The molecule has 0 saturated heterocycles. The average molecular weight is 289 g/mol. The Bertz CT molecular complexity index is 580. The van der Waals surface area contributed by atoms with Crippen LogP contribution in [0.25, 0.3) is 0 Å². The van der Waals surface area contributed by atoms with Crippen molar-refractivity contribution >= 4 is 23.1 Å². The fourth-order valence-electron chi connectivity index (χ4n) is 1.83. The maximum atomic E-state index is 12.1. The van der Waals surface area contributed by atoms with Crippen molar-refractivity contribution in [2.75, 3.05) is 11.9 Å². The molecule has 0 aromatic carbocycles. The first kappa shape index (κ1) is 14.5. The van der Waals surface area contributed by atoms with Gasteiger partial charge in [0.25, 0.3) is 5.91 Å². The third-order valence-corrected chi connectivity index (χ3v) is 4.10.